The van der Waals surface area contributed by atoms with Crippen LogP contribution >= 0.6 is 0 Å². The molecule has 0 saturated carbocycles. The number of benzene rings is 3. The Morgan fingerprint density at radius 2 is 0.923 bits per heavy atom. The first-order chi connectivity index (χ1) is 12.4. The van der Waals surface area contributed by atoms with E-state index in [-0.39, 0.29) is 36.1 Å². The predicted molar refractivity (Wildman–Crippen MR) is 99.8 cm³/mol. The second-order valence-electron chi connectivity index (χ2n) is 5.98. The highest BCUT2D eigenvalue weighted by Gasteiger charge is 2.14. The van der Waals surface area contributed by atoms with Gasteiger partial charge < -0.3 is 31.9 Å². The van der Waals surface area contributed by atoms with Gasteiger partial charge in [-0.25, -0.2) is 0 Å². The molecule has 0 aliphatic carbocycles. The summed E-state index contributed by atoms with van der Waals surface area (Å²) in [6, 6.07) is 12.9. The van der Waals surface area contributed by atoms with E-state index in [0.29, 0.717) is 11.1 Å². The van der Waals surface area contributed by atoms with Crippen LogP contribution in [-0.4, -0.2) is 20.4 Å². The molecule has 0 bridgehead atoms. The second-order valence-corrected chi connectivity index (χ2v) is 5.98. The third-order valence-corrected chi connectivity index (χ3v) is 4.34. The monoisotopic (exact) mass is 352 g/mol. The molecule has 0 amide bonds. The summed E-state index contributed by atoms with van der Waals surface area (Å²) in [5.74, 6) is -0.823. The van der Waals surface area contributed by atoms with Crippen LogP contribution in [0.25, 0.3) is 22.3 Å². The third-order valence-electron chi connectivity index (χ3n) is 4.34. The standard InChI is InChI=1S/C20H20N2O4/c21-9-13-6-16(12-2-4-18(24)20(26)8-12)14(10-22)5-15(13)11-1-3-17(23)19(25)7-11/h1-8,23-26H,9-10,21-22H2. The lowest BCUT2D eigenvalue weighted by molar-refractivity contribution is 0.404. The minimum atomic E-state index is -0.215. The maximum absolute atomic E-state index is 9.78. The number of aromatic hydroxyl groups is 4. The Bertz CT molecular complexity index is 891. The van der Waals surface area contributed by atoms with E-state index in [1.54, 1.807) is 12.1 Å². The molecule has 0 saturated heterocycles. The Kier molecular flexibility index (Phi) is 4.71. The van der Waals surface area contributed by atoms with Crippen LogP contribution in [0.3, 0.4) is 0 Å². The van der Waals surface area contributed by atoms with E-state index in [1.807, 2.05) is 12.1 Å². The summed E-state index contributed by atoms with van der Waals surface area (Å²) >= 11 is 0. The van der Waals surface area contributed by atoms with Crippen LogP contribution in [0, 0.1) is 0 Å². The van der Waals surface area contributed by atoms with E-state index in [0.717, 1.165) is 22.3 Å². The number of hydrogen-bond acceptors (Lipinski definition) is 6. The van der Waals surface area contributed by atoms with Crippen molar-refractivity contribution >= 4 is 0 Å². The van der Waals surface area contributed by atoms with Crippen LogP contribution < -0.4 is 11.5 Å². The number of hydrogen-bond donors (Lipinski definition) is 6. The Hall–Kier alpha value is -3.22. The largest absolute Gasteiger partial charge is 0.504 e. The van der Waals surface area contributed by atoms with Crippen molar-refractivity contribution in [2.24, 2.45) is 11.5 Å². The molecule has 6 heteroatoms. The van der Waals surface area contributed by atoms with Gasteiger partial charge in [-0.15, -0.1) is 0 Å². The van der Waals surface area contributed by atoms with Crippen LogP contribution in [0.5, 0.6) is 23.0 Å². The molecule has 0 aromatic heterocycles. The van der Waals surface area contributed by atoms with Crippen molar-refractivity contribution < 1.29 is 20.4 Å². The average Bonchev–Trinajstić information content (AvgIpc) is 2.65. The van der Waals surface area contributed by atoms with Gasteiger partial charge in [0.25, 0.3) is 0 Å². The molecule has 8 N–H and O–H groups in total. The van der Waals surface area contributed by atoms with E-state index >= 15 is 0 Å². The van der Waals surface area contributed by atoms with Gasteiger partial charge in [0.05, 0.1) is 0 Å². The topological polar surface area (TPSA) is 133 Å². The quantitative estimate of drug-likeness (QED) is 0.400. The van der Waals surface area contributed by atoms with E-state index in [2.05, 4.69) is 0 Å². The predicted octanol–water partition coefficient (Wildman–Crippen LogP) is 2.76. The van der Waals surface area contributed by atoms with E-state index < -0.39 is 0 Å². The number of phenolic OH excluding ortho intramolecular Hbond substituents is 4. The van der Waals surface area contributed by atoms with Gasteiger partial charge in [-0.3, -0.25) is 0 Å². The Balaban J connectivity index is 2.19. The van der Waals surface area contributed by atoms with Crippen LogP contribution in [-0.2, 0) is 13.1 Å². The number of phenols is 4. The van der Waals surface area contributed by atoms with Crippen molar-refractivity contribution in [2.45, 2.75) is 13.1 Å². The number of nitrogens with two attached hydrogens (primary N) is 2. The summed E-state index contributed by atoms with van der Waals surface area (Å²) < 4.78 is 0. The van der Waals surface area contributed by atoms with E-state index in [4.69, 9.17) is 11.5 Å². The number of rotatable bonds is 4. The highest BCUT2D eigenvalue weighted by molar-refractivity contribution is 5.78. The first-order valence-corrected chi connectivity index (χ1v) is 8.05. The van der Waals surface area contributed by atoms with Crippen LogP contribution in [0.2, 0.25) is 0 Å². The summed E-state index contributed by atoms with van der Waals surface area (Å²) in [6.45, 7) is 0.498. The summed E-state index contributed by atoms with van der Waals surface area (Å²) in [4.78, 5) is 0. The molecule has 3 aromatic rings. The fourth-order valence-electron chi connectivity index (χ4n) is 2.95. The maximum Gasteiger partial charge on any atom is 0.158 e. The highest BCUT2D eigenvalue weighted by atomic mass is 16.3. The summed E-state index contributed by atoms with van der Waals surface area (Å²) in [7, 11) is 0. The summed E-state index contributed by atoms with van der Waals surface area (Å²) in [6.07, 6.45) is 0. The molecule has 3 aromatic carbocycles. The van der Waals surface area contributed by atoms with Gasteiger partial charge in [0.15, 0.2) is 23.0 Å². The van der Waals surface area contributed by atoms with Gasteiger partial charge in [-0.2, -0.15) is 0 Å². The smallest absolute Gasteiger partial charge is 0.158 e. The molecule has 0 unspecified atom stereocenters. The lowest BCUT2D eigenvalue weighted by atomic mass is 9.90. The highest BCUT2D eigenvalue weighted by Crippen LogP contribution is 2.37. The normalized spacial score (nSPS) is 10.8. The van der Waals surface area contributed by atoms with Gasteiger partial charge >= 0.3 is 0 Å². The average molecular weight is 352 g/mol. The molecular formula is C20H20N2O4. The molecule has 26 heavy (non-hydrogen) atoms. The Morgan fingerprint density at radius 3 is 1.23 bits per heavy atom. The first kappa shape index (κ1) is 17.6. The van der Waals surface area contributed by atoms with Gasteiger partial charge in [0, 0.05) is 13.1 Å². The van der Waals surface area contributed by atoms with E-state index in [9.17, 15) is 20.4 Å². The third kappa shape index (κ3) is 3.15. The molecule has 0 aliphatic rings. The Morgan fingerprint density at radius 1 is 0.538 bits per heavy atom. The molecule has 0 spiro atoms. The fourth-order valence-corrected chi connectivity index (χ4v) is 2.95. The zero-order valence-corrected chi connectivity index (χ0v) is 14.0. The van der Waals surface area contributed by atoms with Crippen molar-refractivity contribution in [2.75, 3.05) is 0 Å². The van der Waals surface area contributed by atoms with Crippen molar-refractivity contribution in [1.82, 2.24) is 0 Å². The lowest BCUT2D eigenvalue weighted by Gasteiger charge is -2.16. The molecule has 0 atom stereocenters. The second kappa shape index (κ2) is 6.95. The Labute approximate surface area is 150 Å². The first-order valence-electron chi connectivity index (χ1n) is 8.05. The molecule has 134 valence electrons. The SMILES string of the molecule is NCc1cc(-c2ccc(O)c(O)c2)c(CN)cc1-c1ccc(O)c(O)c1. The zero-order valence-electron chi connectivity index (χ0n) is 14.0. The lowest BCUT2D eigenvalue weighted by Crippen LogP contribution is -2.05. The van der Waals surface area contributed by atoms with Gasteiger partial charge in [-0.05, 0) is 69.8 Å². The summed E-state index contributed by atoms with van der Waals surface area (Å²) in [5, 5.41) is 38.6. The van der Waals surface area contributed by atoms with Crippen molar-refractivity contribution in [1.29, 1.82) is 0 Å². The van der Waals surface area contributed by atoms with Crippen LogP contribution in [0.4, 0.5) is 0 Å². The molecule has 0 fully saturated rings. The zero-order chi connectivity index (χ0) is 18.8. The van der Waals surface area contributed by atoms with Gasteiger partial charge in [0.2, 0.25) is 0 Å². The van der Waals surface area contributed by atoms with Gasteiger partial charge in [-0.1, -0.05) is 12.1 Å². The minimum absolute atomic E-state index is 0.196. The molecular weight excluding hydrogens is 332 g/mol. The molecule has 0 aliphatic heterocycles. The van der Waals surface area contributed by atoms with Crippen molar-refractivity contribution in [3.8, 4) is 45.3 Å². The van der Waals surface area contributed by atoms with Crippen LogP contribution in [0.15, 0.2) is 48.5 Å². The fraction of sp³-hybridized carbons (Fsp3) is 0.100. The molecule has 0 heterocycles. The molecule has 3 rings (SSSR count). The van der Waals surface area contributed by atoms with E-state index in [1.165, 1.54) is 24.3 Å². The molecule has 0 radical (unpaired) electrons. The van der Waals surface area contributed by atoms with Crippen molar-refractivity contribution in [3.05, 3.63) is 59.7 Å². The van der Waals surface area contributed by atoms with Crippen molar-refractivity contribution in [3.63, 3.8) is 0 Å². The summed E-state index contributed by atoms with van der Waals surface area (Å²) in [5.41, 5.74) is 16.5. The minimum Gasteiger partial charge on any atom is -0.504 e. The van der Waals surface area contributed by atoms with Gasteiger partial charge in [0.1, 0.15) is 0 Å². The maximum atomic E-state index is 9.78. The molecule has 6 nitrogen and oxygen atoms in total. The van der Waals surface area contributed by atoms with Crippen LogP contribution in [0.1, 0.15) is 11.1 Å².